The van der Waals surface area contributed by atoms with E-state index >= 15 is 0 Å². The second-order valence-electron chi connectivity index (χ2n) is 7.83. The molecule has 0 amide bonds. The molecule has 0 spiro atoms. The Labute approximate surface area is 207 Å². The number of hydrogen-bond acceptors (Lipinski definition) is 10. The molecule has 0 saturated carbocycles. The van der Waals surface area contributed by atoms with Gasteiger partial charge in [0.25, 0.3) is 0 Å². The quantitative estimate of drug-likeness (QED) is 0.186. The Bertz CT molecular complexity index is 499. The van der Waals surface area contributed by atoms with Gasteiger partial charge in [-0.2, -0.15) is 0 Å². The molecule has 0 aliphatic carbocycles. The summed E-state index contributed by atoms with van der Waals surface area (Å²) in [5, 5.41) is 0. The van der Waals surface area contributed by atoms with Crippen molar-refractivity contribution in [3.8, 4) is 0 Å². The Hall–Kier alpha value is 4.32. The minimum absolute atomic E-state index is 0.00194. The minimum atomic E-state index is -4.15. The third-order valence-corrected chi connectivity index (χ3v) is 70.1. The van der Waals surface area contributed by atoms with Crippen LogP contribution in [0.4, 0.5) is 0 Å². The summed E-state index contributed by atoms with van der Waals surface area (Å²) in [5.41, 5.74) is 0. The predicted octanol–water partition coefficient (Wildman–Crippen LogP) is 5.90. The standard InChI is InChI=1S/5C3H5S2.Sb/c5*4-3-1-2-5-3;/h5*4H,1-2H2;. The first kappa shape index (κ1) is 22.1. The first-order chi connectivity index (χ1) is 12.2. The van der Waals surface area contributed by atoms with E-state index in [4.69, 9.17) is 63.1 Å². The van der Waals surface area contributed by atoms with E-state index in [1.54, 1.807) is 0 Å². The zero-order valence-electron chi connectivity index (χ0n) is 14.3. The number of thioether (sulfide) groups is 5. The van der Waals surface area contributed by atoms with Crippen LogP contribution in [-0.4, -0.2) is 56.3 Å². The van der Waals surface area contributed by atoms with Crippen molar-refractivity contribution < 1.29 is 0 Å². The van der Waals surface area contributed by atoms with Crippen LogP contribution < -0.4 is 0 Å². The molecule has 0 bridgehead atoms. The molecule has 26 heavy (non-hydrogen) atoms. The SMILES string of the molecule is S[C]1([Sb]([C]2(S)CCS2)([C]2(S)CCS2)([C]2(S)CCS2)[C]2(S)CCS2)CCS1. The Morgan fingerprint density at radius 2 is 0.577 bits per heavy atom. The molecule has 5 aliphatic rings. The van der Waals surface area contributed by atoms with E-state index in [1.165, 1.54) is 60.9 Å². The molecule has 150 valence electrons. The van der Waals surface area contributed by atoms with Crippen molar-refractivity contribution >= 4 is 139 Å². The van der Waals surface area contributed by atoms with Crippen LogP contribution in [0.25, 0.3) is 0 Å². The third-order valence-electron chi connectivity index (χ3n) is 7.30. The molecule has 5 saturated heterocycles. The van der Waals surface area contributed by atoms with Gasteiger partial charge in [-0.25, -0.2) is 0 Å². The van der Waals surface area contributed by atoms with Crippen molar-refractivity contribution in [3.63, 3.8) is 0 Å². The van der Waals surface area contributed by atoms with Crippen LogP contribution in [0.3, 0.4) is 0 Å². The van der Waals surface area contributed by atoms with Crippen molar-refractivity contribution in [3.05, 3.63) is 0 Å². The van der Waals surface area contributed by atoms with Gasteiger partial charge in [-0.1, -0.05) is 0 Å². The van der Waals surface area contributed by atoms with Crippen LogP contribution >= 0.6 is 122 Å². The maximum atomic E-state index is 5.67. The normalized spacial score (nSPS) is 55.2. The van der Waals surface area contributed by atoms with Gasteiger partial charge in [0.2, 0.25) is 0 Å². The van der Waals surface area contributed by atoms with Gasteiger partial charge in [-0.15, -0.1) is 0 Å². The summed E-state index contributed by atoms with van der Waals surface area (Å²) in [5.74, 6) is 6.10. The summed E-state index contributed by atoms with van der Waals surface area (Å²) in [7, 11) is 0. The monoisotopic (exact) mass is 646 g/mol. The Morgan fingerprint density at radius 1 is 0.423 bits per heavy atom. The van der Waals surface area contributed by atoms with E-state index in [9.17, 15) is 0 Å². The summed E-state index contributed by atoms with van der Waals surface area (Å²) < 4.78 is 0.00972. The molecule has 0 aromatic rings. The summed E-state index contributed by atoms with van der Waals surface area (Å²) in [6.45, 7) is 0. The van der Waals surface area contributed by atoms with E-state index in [0.29, 0.717) is 0 Å². The van der Waals surface area contributed by atoms with E-state index in [2.05, 4.69) is 58.8 Å². The van der Waals surface area contributed by atoms with Gasteiger partial charge in [0, 0.05) is 0 Å². The Morgan fingerprint density at radius 3 is 0.654 bits per heavy atom. The Balaban J connectivity index is 1.92. The first-order valence-corrected chi connectivity index (χ1v) is 22.5. The van der Waals surface area contributed by atoms with Crippen LogP contribution in [0.15, 0.2) is 0 Å². The molecule has 0 aromatic heterocycles. The van der Waals surface area contributed by atoms with Crippen molar-refractivity contribution in [2.24, 2.45) is 0 Å². The summed E-state index contributed by atoms with van der Waals surface area (Å²) in [6, 6.07) is 0. The van der Waals surface area contributed by atoms with E-state index in [-0.39, 0.29) is 10.1 Å². The third kappa shape index (κ3) is 1.94. The average Bonchev–Trinajstić information content (AvgIpc) is 2.46. The van der Waals surface area contributed by atoms with Crippen LogP contribution in [0.2, 0.25) is 0 Å². The average molecular weight is 648 g/mol. The molecule has 5 rings (SSSR count). The molecule has 5 aliphatic heterocycles. The van der Waals surface area contributed by atoms with Gasteiger partial charge in [-0.05, 0) is 0 Å². The molecule has 0 nitrogen and oxygen atoms in total. The summed E-state index contributed by atoms with van der Waals surface area (Å²) in [4.78, 5) is 0. The van der Waals surface area contributed by atoms with E-state index < -0.39 is 17.4 Å². The molecular formula is C15H25S10Sb. The van der Waals surface area contributed by atoms with Crippen LogP contribution in [-0.2, 0) is 0 Å². The molecule has 0 N–H and O–H groups in total. The van der Waals surface area contributed by atoms with Gasteiger partial charge in [-0.3, -0.25) is 0 Å². The van der Waals surface area contributed by atoms with Crippen molar-refractivity contribution in [2.75, 3.05) is 28.8 Å². The summed E-state index contributed by atoms with van der Waals surface area (Å²) in [6.07, 6.45) is 5.97. The van der Waals surface area contributed by atoms with Gasteiger partial charge in [0.15, 0.2) is 0 Å². The predicted molar refractivity (Wildman–Crippen MR) is 150 cm³/mol. The zero-order valence-corrected chi connectivity index (χ0v) is 25.4. The second-order valence-corrected chi connectivity index (χ2v) is 47.2. The first-order valence-electron chi connectivity index (χ1n) is 8.97. The van der Waals surface area contributed by atoms with Gasteiger partial charge < -0.3 is 0 Å². The van der Waals surface area contributed by atoms with Crippen molar-refractivity contribution in [2.45, 2.75) is 42.2 Å². The molecule has 11 heteroatoms. The zero-order chi connectivity index (χ0) is 18.6. The molecule has 0 aromatic carbocycles. The molecule has 5 atom stereocenters. The fraction of sp³-hybridized carbons (Fsp3) is 1.00. The van der Waals surface area contributed by atoms with Crippen molar-refractivity contribution in [1.29, 1.82) is 0 Å². The van der Waals surface area contributed by atoms with Gasteiger partial charge >= 0.3 is 210 Å². The molecule has 5 fully saturated rings. The van der Waals surface area contributed by atoms with Crippen LogP contribution in [0.5, 0.6) is 0 Å². The molecule has 0 radical (unpaired) electrons. The molecule has 5 unspecified atom stereocenters. The number of thiol groups is 5. The Kier molecular flexibility index (Phi) is 5.69. The fourth-order valence-electron chi connectivity index (χ4n) is 5.92. The van der Waals surface area contributed by atoms with Crippen LogP contribution in [0, 0.1) is 0 Å². The van der Waals surface area contributed by atoms with Gasteiger partial charge in [0.1, 0.15) is 0 Å². The van der Waals surface area contributed by atoms with Crippen LogP contribution in [0.1, 0.15) is 32.1 Å². The molecular weight excluding hydrogens is 623 g/mol. The van der Waals surface area contributed by atoms with E-state index in [1.807, 2.05) is 0 Å². The maximum absolute atomic E-state index is 5.67. The van der Waals surface area contributed by atoms with E-state index in [0.717, 1.165) is 0 Å². The number of rotatable bonds is 5. The molecule has 5 heterocycles. The number of hydrogen-bond donors (Lipinski definition) is 5. The topological polar surface area (TPSA) is 0 Å². The fourth-order valence-corrected chi connectivity index (χ4v) is 116. The van der Waals surface area contributed by atoms with Crippen molar-refractivity contribution in [1.82, 2.24) is 0 Å². The van der Waals surface area contributed by atoms with Gasteiger partial charge in [0.05, 0.1) is 0 Å². The second kappa shape index (κ2) is 6.68. The summed E-state index contributed by atoms with van der Waals surface area (Å²) >= 11 is 34.8.